The molecule has 2 heterocycles. The molecule has 150 valence electrons. The number of rotatable bonds is 6. The van der Waals surface area contributed by atoms with Gasteiger partial charge in [-0.2, -0.15) is 17.5 Å². The lowest BCUT2D eigenvalue weighted by molar-refractivity contribution is -0.136. The van der Waals surface area contributed by atoms with Gasteiger partial charge in [-0.15, -0.1) is 0 Å². The van der Waals surface area contributed by atoms with Crippen molar-refractivity contribution in [2.24, 2.45) is 17.1 Å². The number of halogens is 3. The molecule has 2 aliphatic heterocycles. The van der Waals surface area contributed by atoms with Crippen molar-refractivity contribution in [2.75, 3.05) is 25.4 Å². The first kappa shape index (κ1) is 19.0. The number of alkyl halides is 3. The van der Waals surface area contributed by atoms with Gasteiger partial charge in [0.15, 0.2) is 0 Å². The first-order chi connectivity index (χ1) is 12.1. The Morgan fingerprint density at radius 1 is 1.15 bits per heavy atom. The molecule has 2 bridgehead atoms. The van der Waals surface area contributed by atoms with E-state index in [2.05, 4.69) is 0 Å². The van der Waals surface area contributed by atoms with Crippen LogP contribution in [0, 0.1) is 11.3 Å². The van der Waals surface area contributed by atoms with Crippen molar-refractivity contribution in [3.05, 3.63) is 0 Å². The quantitative estimate of drug-likeness (QED) is 0.746. The van der Waals surface area contributed by atoms with Crippen molar-refractivity contribution >= 4 is 10.0 Å². The van der Waals surface area contributed by atoms with E-state index in [0.717, 1.165) is 32.1 Å². The fourth-order valence-corrected chi connectivity index (χ4v) is 7.98. The summed E-state index contributed by atoms with van der Waals surface area (Å²) < 4.78 is 64.3. The molecule has 2 saturated heterocycles. The number of piperidine rings is 3. The molecule has 0 radical (unpaired) electrons. The predicted molar refractivity (Wildman–Crippen MR) is 91.9 cm³/mol. The van der Waals surface area contributed by atoms with Gasteiger partial charge in [0.2, 0.25) is 10.0 Å². The van der Waals surface area contributed by atoms with Crippen LogP contribution < -0.4 is 5.73 Å². The fraction of sp³-hybridized carbons (Fsp3) is 1.00. The van der Waals surface area contributed by atoms with Crippen LogP contribution in [0.4, 0.5) is 13.2 Å². The molecule has 0 aromatic rings. The minimum atomic E-state index is -4.09. The van der Waals surface area contributed by atoms with Gasteiger partial charge in [-0.25, -0.2) is 8.42 Å². The van der Waals surface area contributed by atoms with E-state index in [4.69, 9.17) is 5.73 Å². The summed E-state index contributed by atoms with van der Waals surface area (Å²) in [6.07, 6.45) is -0.595. The van der Waals surface area contributed by atoms with Gasteiger partial charge in [0.25, 0.3) is 0 Å². The molecule has 2 N–H and O–H groups in total. The van der Waals surface area contributed by atoms with Crippen LogP contribution in [0.25, 0.3) is 0 Å². The summed E-state index contributed by atoms with van der Waals surface area (Å²) in [6.45, 7) is 1.83. The Kier molecular flexibility index (Phi) is 4.61. The minimum Gasteiger partial charge on any atom is -0.327 e. The smallest absolute Gasteiger partial charge is 0.327 e. The van der Waals surface area contributed by atoms with Crippen LogP contribution in [-0.4, -0.2) is 67.3 Å². The molecular weight excluding hydrogens is 367 g/mol. The second kappa shape index (κ2) is 6.32. The van der Waals surface area contributed by atoms with Crippen molar-refractivity contribution in [2.45, 2.75) is 69.2 Å². The summed E-state index contributed by atoms with van der Waals surface area (Å²) in [7, 11) is -3.27. The van der Waals surface area contributed by atoms with Gasteiger partial charge in [-0.1, -0.05) is 0 Å². The maximum absolute atomic E-state index is 12.9. The molecule has 1 spiro atoms. The van der Waals surface area contributed by atoms with Crippen LogP contribution in [0.3, 0.4) is 0 Å². The molecule has 4 rings (SSSR count). The lowest BCUT2D eigenvalue weighted by atomic mass is 9.99. The Morgan fingerprint density at radius 3 is 2.42 bits per heavy atom. The number of fused-ring (bicyclic) bond motifs is 1. The highest BCUT2D eigenvalue weighted by molar-refractivity contribution is 7.89. The highest BCUT2D eigenvalue weighted by atomic mass is 32.2. The number of nitrogens with zero attached hydrogens (tertiary/aromatic N) is 2. The highest BCUT2D eigenvalue weighted by Gasteiger charge is 2.73. The molecule has 2 saturated carbocycles. The summed E-state index contributed by atoms with van der Waals surface area (Å²) in [6, 6.07) is 0.379. The predicted octanol–water partition coefficient (Wildman–Crippen LogP) is 1.93. The van der Waals surface area contributed by atoms with Crippen LogP contribution in [0.1, 0.15) is 44.9 Å². The van der Waals surface area contributed by atoms with Crippen LogP contribution in [-0.2, 0) is 10.0 Å². The Balaban J connectivity index is 1.25. The number of sulfonamides is 1. The second-order valence-corrected chi connectivity index (χ2v) is 10.7. The average molecular weight is 395 g/mol. The number of nitrogens with two attached hydrogens (primary N) is 1. The van der Waals surface area contributed by atoms with Gasteiger partial charge in [0.1, 0.15) is 0 Å². The zero-order valence-corrected chi connectivity index (χ0v) is 15.7. The molecule has 4 atom stereocenters. The second-order valence-electron chi connectivity index (χ2n) is 8.77. The van der Waals surface area contributed by atoms with Gasteiger partial charge < -0.3 is 10.6 Å². The highest BCUT2D eigenvalue weighted by Crippen LogP contribution is 2.67. The van der Waals surface area contributed by atoms with Crippen LogP contribution in [0.15, 0.2) is 0 Å². The first-order valence-corrected chi connectivity index (χ1v) is 11.3. The maximum atomic E-state index is 12.9. The van der Waals surface area contributed by atoms with E-state index in [0.29, 0.717) is 19.6 Å². The molecular formula is C17H28F3N3O2S. The SMILES string of the molecule is N[C@@H]1C[C@@H]2CC13C[C@@H]3N2S(=O)(=O)CC1CCN(CCCC(F)(F)F)CC1. The van der Waals surface area contributed by atoms with Crippen LogP contribution >= 0.6 is 0 Å². The van der Waals surface area contributed by atoms with E-state index >= 15 is 0 Å². The van der Waals surface area contributed by atoms with Crippen LogP contribution in [0.5, 0.6) is 0 Å². The molecule has 0 aromatic heterocycles. The van der Waals surface area contributed by atoms with Crippen molar-refractivity contribution in [3.63, 3.8) is 0 Å². The van der Waals surface area contributed by atoms with Crippen molar-refractivity contribution in [1.82, 2.24) is 9.21 Å². The lowest BCUT2D eigenvalue weighted by Gasteiger charge is -2.34. The molecule has 2 aliphatic carbocycles. The minimum absolute atomic E-state index is 0.0690. The molecule has 5 nitrogen and oxygen atoms in total. The monoisotopic (exact) mass is 395 g/mol. The van der Waals surface area contributed by atoms with Crippen molar-refractivity contribution in [1.29, 1.82) is 0 Å². The lowest BCUT2D eigenvalue weighted by Crippen LogP contribution is -2.47. The van der Waals surface area contributed by atoms with Crippen molar-refractivity contribution in [3.8, 4) is 0 Å². The first-order valence-electron chi connectivity index (χ1n) is 9.67. The maximum Gasteiger partial charge on any atom is 0.389 e. The van der Waals surface area contributed by atoms with E-state index in [1.54, 1.807) is 4.31 Å². The third-order valence-electron chi connectivity index (χ3n) is 7.03. The Morgan fingerprint density at radius 2 is 1.85 bits per heavy atom. The van der Waals surface area contributed by atoms with E-state index in [1.807, 2.05) is 4.90 Å². The van der Waals surface area contributed by atoms with Gasteiger partial charge >= 0.3 is 6.18 Å². The summed E-state index contributed by atoms with van der Waals surface area (Å²) in [5.41, 5.74) is 6.24. The Hall–Kier alpha value is -0.380. The normalized spacial score (nSPS) is 38.7. The summed E-state index contributed by atoms with van der Waals surface area (Å²) in [5, 5.41) is 0. The van der Waals surface area contributed by atoms with Gasteiger partial charge in [0, 0.05) is 30.0 Å². The zero-order chi connectivity index (χ0) is 18.7. The molecule has 1 unspecified atom stereocenters. The third-order valence-corrected chi connectivity index (χ3v) is 9.12. The average Bonchev–Trinajstić information content (AvgIpc) is 3.03. The largest absolute Gasteiger partial charge is 0.389 e. The summed E-state index contributed by atoms with van der Waals surface area (Å²) in [5.74, 6) is 0.295. The van der Waals surface area contributed by atoms with Gasteiger partial charge in [-0.3, -0.25) is 0 Å². The zero-order valence-electron chi connectivity index (χ0n) is 14.9. The molecule has 0 amide bonds. The van der Waals surface area contributed by atoms with E-state index in [-0.39, 0.29) is 41.6 Å². The Labute approximate surface area is 153 Å². The van der Waals surface area contributed by atoms with E-state index in [1.165, 1.54) is 0 Å². The van der Waals surface area contributed by atoms with Crippen LogP contribution in [0.2, 0.25) is 0 Å². The summed E-state index contributed by atoms with van der Waals surface area (Å²) >= 11 is 0. The number of hydrogen-bond donors (Lipinski definition) is 1. The number of hydrogen-bond acceptors (Lipinski definition) is 4. The van der Waals surface area contributed by atoms with Crippen molar-refractivity contribution < 1.29 is 21.6 Å². The van der Waals surface area contributed by atoms with Gasteiger partial charge in [0.05, 0.1) is 5.75 Å². The van der Waals surface area contributed by atoms with E-state index in [9.17, 15) is 21.6 Å². The third kappa shape index (κ3) is 3.40. The topological polar surface area (TPSA) is 66.6 Å². The van der Waals surface area contributed by atoms with E-state index < -0.39 is 22.6 Å². The molecule has 0 aromatic carbocycles. The fourth-order valence-electron chi connectivity index (χ4n) is 5.60. The summed E-state index contributed by atoms with van der Waals surface area (Å²) in [4.78, 5) is 2.03. The molecule has 4 fully saturated rings. The number of likely N-dealkylation sites (tertiary alicyclic amines) is 1. The molecule has 4 aliphatic rings. The molecule has 9 heteroatoms. The molecule has 26 heavy (non-hydrogen) atoms. The van der Waals surface area contributed by atoms with Gasteiger partial charge in [-0.05, 0) is 64.1 Å². The Bertz CT molecular complexity index is 646. The standard InChI is InChI=1S/C17H28F3N3O2S/c18-17(19,20)4-1-5-22-6-2-12(3-7-22)11-26(24,25)23-13-8-14(21)16(9-13)10-15(16)23/h12-15H,1-11,21H2/t13-,14-,15+,16?/m1/s1.